The molecule has 4 nitrogen and oxygen atoms in total. The van der Waals surface area contributed by atoms with Gasteiger partial charge in [-0.15, -0.1) is 0 Å². The van der Waals surface area contributed by atoms with Gasteiger partial charge < -0.3 is 4.90 Å². The summed E-state index contributed by atoms with van der Waals surface area (Å²) in [5, 5.41) is 0. The standard InChI is InChI=1S/C30H30N2O2/c1-21-12-14-25(15-13-21)27-28(30(34)32(29(27)33)26-11-7-6-8-22(26)2)31-18-16-24(17-19-31)20-23-9-4-3-5-10-23/h3-15,24H,16-20H2,1-2H3. The van der Waals surface area contributed by atoms with E-state index in [1.807, 2.05) is 68.4 Å². The number of piperidine rings is 1. The van der Waals surface area contributed by atoms with Gasteiger partial charge in [0.25, 0.3) is 11.8 Å². The van der Waals surface area contributed by atoms with Gasteiger partial charge in [0.15, 0.2) is 0 Å². The first-order valence-electron chi connectivity index (χ1n) is 12.1. The molecule has 172 valence electrons. The fourth-order valence-corrected chi connectivity index (χ4v) is 5.13. The summed E-state index contributed by atoms with van der Waals surface area (Å²) in [6, 6.07) is 26.1. The second-order valence-corrected chi connectivity index (χ2v) is 9.44. The van der Waals surface area contributed by atoms with Gasteiger partial charge in [-0.25, -0.2) is 4.90 Å². The van der Waals surface area contributed by atoms with Crippen LogP contribution in [0.15, 0.2) is 84.6 Å². The maximum absolute atomic E-state index is 13.8. The third-order valence-corrected chi connectivity index (χ3v) is 7.05. The quantitative estimate of drug-likeness (QED) is 0.479. The molecule has 34 heavy (non-hydrogen) atoms. The molecular formula is C30H30N2O2. The van der Waals surface area contributed by atoms with Crippen LogP contribution in [0, 0.1) is 19.8 Å². The largest absolute Gasteiger partial charge is 0.366 e. The molecule has 0 atom stereocenters. The highest BCUT2D eigenvalue weighted by molar-refractivity contribution is 6.45. The predicted molar refractivity (Wildman–Crippen MR) is 136 cm³/mol. The number of benzene rings is 3. The fourth-order valence-electron chi connectivity index (χ4n) is 5.13. The van der Waals surface area contributed by atoms with Crippen LogP contribution in [0.5, 0.6) is 0 Å². The highest BCUT2D eigenvalue weighted by Gasteiger charge is 2.43. The number of anilines is 1. The maximum atomic E-state index is 13.8. The van der Waals surface area contributed by atoms with E-state index in [1.54, 1.807) is 0 Å². The number of amides is 2. The van der Waals surface area contributed by atoms with Crippen LogP contribution in [-0.2, 0) is 16.0 Å². The molecule has 0 saturated carbocycles. The second-order valence-electron chi connectivity index (χ2n) is 9.44. The number of para-hydroxylation sites is 1. The van der Waals surface area contributed by atoms with E-state index in [4.69, 9.17) is 0 Å². The lowest BCUT2D eigenvalue weighted by Crippen LogP contribution is -2.39. The van der Waals surface area contributed by atoms with E-state index in [9.17, 15) is 9.59 Å². The molecule has 0 N–H and O–H groups in total. The number of aryl methyl sites for hydroxylation is 2. The third-order valence-electron chi connectivity index (χ3n) is 7.05. The highest BCUT2D eigenvalue weighted by Crippen LogP contribution is 2.37. The lowest BCUT2D eigenvalue weighted by Gasteiger charge is -2.34. The van der Waals surface area contributed by atoms with Crippen molar-refractivity contribution in [3.05, 3.63) is 107 Å². The summed E-state index contributed by atoms with van der Waals surface area (Å²) in [6.45, 7) is 5.53. The van der Waals surface area contributed by atoms with Crippen molar-refractivity contribution in [3.63, 3.8) is 0 Å². The number of hydrogen-bond acceptors (Lipinski definition) is 3. The minimum absolute atomic E-state index is 0.212. The molecule has 0 bridgehead atoms. The number of rotatable bonds is 5. The van der Waals surface area contributed by atoms with Gasteiger partial charge in [-0.3, -0.25) is 9.59 Å². The monoisotopic (exact) mass is 450 g/mol. The van der Waals surface area contributed by atoms with Crippen LogP contribution in [0.1, 0.15) is 35.1 Å². The lowest BCUT2D eigenvalue weighted by molar-refractivity contribution is -0.120. The molecule has 1 saturated heterocycles. The zero-order chi connectivity index (χ0) is 23.7. The molecule has 4 heteroatoms. The smallest absolute Gasteiger partial charge is 0.282 e. The molecule has 3 aromatic carbocycles. The molecule has 2 aliphatic rings. The molecule has 3 aromatic rings. The number of imide groups is 1. The van der Waals surface area contributed by atoms with Gasteiger partial charge >= 0.3 is 0 Å². The summed E-state index contributed by atoms with van der Waals surface area (Å²) < 4.78 is 0. The molecule has 2 amide bonds. The Morgan fingerprint density at radius 3 is 2.09 bits per heavy atom. The van der Waals surface area contributed by atoms with E-state index in [0.717, 1.165) is 49.0 Å². The maximum Gasteiger partial charge on any atom is 0.282 e. The Kier molecular flexibility index (Phi) is 6.06. The van der Waals surface area contributed by atoms with Gasteiger partial charge in [0.05, 0.1) is 11.3 Å². The third kappa shape index (κ3) is 4.16. The van der Waals surface area contributed by atoms with Crippen LogP contribution < -0.4 is 4.90 Å². The molecule has 1 fully saturated rings. The Balaban J connectivity index is 1.46. The van der Waals surface area contributed by atoms with Crippen molar-refractivity contribution in [1.82, 2.24) is 4.90 Å². The topological polar surface area (TPSA) is 40.6 Å². The average Bonchev–Trinajstić information content (AvgIpc) is 3.11. The first-order chi connectivity index (χ1) is 16.5. The normalized spacial score (nSPS) is 17.1. The Morgan fingerprint density at radius 1 is 0.765 bits per heavy atom. The van der Waals surface area contributed by atoms with Gasteiger partial charge in [0.1, 0.15) is 5.70 Å². The molecule has 0 unspecified atom stereocenters. The van der Waals surface area contributed by atoms with Crippen molar-refractivity contribution in [1.29, 1.82) is 0 Å². The van der Waals surface area contributed by atoms with Crippen LogP contribution in [0.25, 0.3) is 5.57 Å². The Labute approximate surface area is 201 Å². The molecule has 0 radical (unpaired) electrons. The molecule has 2 heterocycles. The van der Waals surface area contributed by atoms with Crippen LogP contribution in [0.3, 0.4) is 0 Å². The summed E-state index contributed by atoms with van der Waals surface area (Å²) in [6.07, 6.45) is 3.07. The van der Waals surface area contributed by atoms with Crippen LogP contribution in [0.2, 0.25) is 0 Å². The first kappa shape index (κ1) is 22.1. The zero-order valence-corrected chi connectivity index (χ0v) is 19.8. The molecule has 2 aliphatic heterocycles. The minimum atomic E-state index is -0.232. The van der Waals surface area contributed by atoms with Gasteiger partial charge in [-0.1, -0.05) is 78.4 Å². The minimum Gasteiger partial charge on any atom is -0.366 e. The van der Waals surface area contributed by atoms with E-state index in [1.165, 1.54) is 10.5 Å². The van der Waals surface area contributed by atoms with E-state index in [0.29, 0.717) is 22.9 Å². The van der Waals surface area contributed by atoms with E-state index >= 15 is 0 Å². The summed E-state index contributed by atoms with van der Waals surface area (Å²) in [7, 11) is 0. The van der Waals surface area contributed by atoms with E-state index in [-0.39, 0.29) is 11.8 Å². The summed E-state index contributed by atoms with van der Waals surface area (Å²) in [5.41, 5.74) is 5.94. The van der Waals surface area contributed by atoms with Crippen molar-refractivity contribution in [2.75, 3.05) is 18.0 Å². The number of carbonyl (C=O) groups is 2. The van der Waals surface area contributed by atoms with Crippen molar-refractivity contribution >= 4 is 23.1 Å². The van der Waals surface area contributed by atoms with Gasteiger partial charge in [0.2, 0.25) is 0 Å². The molecule has 0 aromatic heterocycles. The number of nitrogens with zero attached hydrogens (tertiary/aromatic N) is 2. The van der Waals surface area contributed by atoms with Crippen LogP contribution >= 0.6 is 0 Å². The molecular weight excluding hydrogens is 420 g/mol. The zero-order valence-electron chi connectivity index (χ0n) is 19.8. The van der Waals surface area contributed by atoms with Gasteiger partial charge in [-0.05, 0) is 61.8 Å². The fraction of sp³-hybridized carbons (Fsp3) is 0.267. The van der Waals surface area contributed by atoms with E-state index < -0.39 is 0 Å². The van der Waals surface area contributed by atoms with Crippen molar-refractivity contribution in [3.8, 4) is 0 Å². The molecule has 5 rings (SSSR count). The van der Waals surface area contributed by atoms with Gasteiger partial charge in [0, 0.05) is 13.1 Å². The summed E-state index contributed by atoms with van der Waals surface area (Å²) in [5.74, 6) is 0.141. The summed E-state index contributed by atoms with van der Waals surface area (Å²) >= 11 is 0. The van der Waals surface area contributed by atoms with Crippen molar-refractivity contribution in [2.45, 2.75) is 33.1 Å². The Hall–Kier alpha value is -3.66. The Bertz CT molecular complexity index is 1240. The average molecular weight is 451 g/mol. The number of likely N-dealkylation sites (tertiary alicyclic amines) is 1. The number of hydrogen-bond donors (Lipinski definition) is 0. The van der Waals surface area contributed by atoms with Crippen molar-refractivity contribution < 1.29 is 9.59 Å². The molecule has 0 spiro atoms. The SMILES string of the molecule is Cc1ccc(C2=C(N3CCC(Cc4ccccc4)CC3)C(=O)N(c3ccccc3C)C2=O)cc1. The van der Waals surface area contributed by atoms with Crippen molar-refractivity contribution in [2.24, 2.45) is 5.92 Å². The lowest BCUT2D eigenvalue weighted by atomic mass is 9.89. The van der Waals surface area contributed by atoms with E-state index in [2.05, 4.69) is 29.2 Å². The first-order valence-corrected chi connectivity index (χ1v) is 12.1. The molecule has 0 aliphatic carbocycles. The van der Waals surface area contributed by atoms with Crippen LogP contribution in [0.4, 0.5) is 5.69 Å². The van der Waals surface area contributed by atoms with Crippen LogP contribution in [-0.4, -0.2) is 29.8 Å². The Morgan fingerprint density at radius 2 is 1.41 bits per heavy atom. The highest BCUT2D eigenvalue weighted by atomic mass is 16.2. The summed E-state index contributed by atoms with van der Waals surface area (Å²) in [4.78, 5) is 31.0. The van der Waals surface area contributed by atoms with Gasteiger partial charge in [-0.2, -0.15) is 0 Å². The number of carbonyl (C=O) groups excluding carboxylic acids is 2. The second kappa shape index (κ2) is 9.30. The predicted octanol–water partition coefficient (Wildman–Crippen LogP) is 5.54.